The highest BCUT2D eigenvalue weighted by Gasteiger charge is 2.30. The molecule has 5 heteroatoms. The molecule has 0 spiro atoms. The van der Waals surface area contributed by atoms with Gasteiger partial charge in [0.1, 0.15) is 0 Å². The van der Waals surface area contributed by atoms with Gasteiger partial charge in [-0.3, -0.25) is 4.79 Å². The first-order valence-corrected chi connectivity index (χ1v) is 10.4. The molecule has 4 rings (SSSR count). The lowest BCUT2D eigenvalue weighted by molar-refractivity contribution is -0.114. The van der Waals surface area contributed by atoms with Crippen molar-refractivity contribution in [2.24, 2.45) is 0 Å². The predicted molar refractivity (Wildman–Crippen MR) is 120 cm³/mol. The fourth-order valence-electron chi connectivity index (χ4n) is 3.37. The number of hydrogen-bond acceptors (Lipinski definition) is 4. The molecule has 0 N–H and O–H groups in total. The second-order valence-electron chi connectivity index (χ2n) is 7.01. The topological polar surface area (TPSA) is 46.6 Å². The highest BCUT2D eigenvalue weighted by atomic mass is 32.2. The van der Waals surface area contributed by atoms with Gasteiger partial charge in [0.2, 0.25) is 0 Å². The van der Waals surface area contributed by atoms with Crippen molar-refractivity contribution < 1.29 is 14.3 Å². The number of benzene rings is 3. The van der Waals surface area contributed by atoms with Crippen molar-refractivity contribution in [3.05, 3.63) is 100.0 Å². The number of hydrogen-bond donors (Lipinski definition) is 0. The molecule has 0 atom stereocenters. The Hall–Kier alpha value is -3.31. The maximum Gasteiger partial charge on any atom is 0.337 e. The van der Waals surface area contributed by atoms with Crippen LogP contribution in [0.4, 0.5) is 5.69 Å². The zero-order chi connectivity index (χ0) is 21.1. The van der Waals surface area contributed by atoms with Gasteiger partial charge < -0.3 is 9.64 Å². The number of methoxy groups -OCH3 is 1. The van der Waals surface area contributed by atoms with Crippen molar-refractivity contribution in [2.45, 2.75) is 18.4 Å². The zero-order valence-electron chi connectivity index (χ0n) is 16.8. The minimum absolute atomic E-state index is 0.0818. The van der Waals surface area contributed by atoms with E-state index in [1.165, 1.54) is 18.9 Å². The summed E-state index contributed by atoms with van der Waals surface area (Å²) in [6, 6.07) is 23.2. The van der Waals surface area contributed by atoms with Crippen molar-refractivity contribution in [2.75, 3.05) is 12.0 Å². The minimum atomic E-state index is -0.420. The number of anilines is 1. The van der Waals surface area contributed by atoms with E-state index in [-0.39, 0.29) is 5.91 Å². The van der Waals surface area contributed by atoms with E-state index in [9.17, 15) is 9.59 Å². The van der Waals surface area contributed by atoms with Crippen molar-refractivity contribution >= 4 is 35.4 Å². The van der Waals surface area contributed by atoms with Crippen LogP contribution < -0.4 is 4.90 Å². The smallest absolute Gasteiger partial charge is 0.337 e. The summed E-state index contributed by atoms with van der Waals surface area (Å²) in [5.74, 6) is -0.502. The lowest BCUT2D eigenvalue weighted by Gasteiger charge is -2.31. The number of amides is 1. The summed E-state index contributed by atoms with van der Waals surface area (Å²) in [4.78, 5) is 28.9. The molecule has 0 saturated heterocycles. The van der Waals surface area contributed by atoms with E-state index < -0.39 is 5.97 Å². The average molecular weight is 416 g/mol. The van der Waals surface area contributed by atoms with Crippen LogP contribution in [-0.2, 0) is 16.1 Å². The molecule has 3 aromatic rings. The quantitative estimate of drug-likeness (QED) is 0.419. The summed E-state index contributed by atoms with van der Waals surface area (Å²) in [5.41, 5.74) is 4.30. The van der Waals surface area contributed by atoms with Gasteiger partial charge in [0.25, 0.3) is 5.91 Å². The van der Waals surface area contributed by atoms with E-state index in [1.54, 1.807) is 17.0 Å². The van der Waals surface area contributed by atoms with Gasteiger partial charge in [-0.2, -0.15) is 0 Å². The second-order valence-corrected chi connectivity index (χ2v) is 8.10. The molecule has 3 aromatic carbocycles. The third-order valence-corrected chi connectivity index (χ3v) is 6.11. The van der Waals surface area contributed by atoms with E-state index in [2.05, 4.69) is 0 Å². The van der Waals surface area contributed by atoms with Gasteiger partial charge in [0.05, 0.1) is 29.8 Å². The summed E-state index contributed by atoms with van der Waals surface area (Å²) in [6.45, 7) is 2.46. The monoisotopic (exact) mass is 415 g/mol. The van der Waals surface area contributed by atoms with Crippen LogP contribution in [0.15, 0.2) is 82.6 Å². The molecule has 1 amide bonds. The van der Waals surface area contributed by atoms with E-state index in [0.717, 1.165) is 27.3 Å². The van der Waals surface area contributed by atoms with Crippen LogP contribution in [0.2, 0.25) is 0 Å². The number of carbonyl (C=O) groups excluding carboxylic acids is 2. The first-order valence-electron chi connectivity index (χ1n) is 9.60. The van der Waals surface area contributed by atoms with E-state index in [4.69, 9.17) is 4.74 Å². The van der Waals surface area contributed by atoms with E-state index >= 15 is 0 Å². The lowest BCUT2D eigenvalue weighted by Crippen LogP contribution is -2.34. The largest absolute Gasteiger partial charge is 0.465 e. The molecule has 0 saturated carbocycles. The van der Waals surface area contributed by atoms with Gasteiger partial charge in [-0.05, 0) is 47.9 Å². The Kier molecular flexibility index (Phi) is 5.72. The van der Waals surface area contributed by atoms with E-state index in [0.29, 0.717) is 17.0 Å². The fourth-order valence-corrected chi connectivity index (χ4v) is 4.41. The van der Waals surface area contributed by atoms with Gasteiger partial charge >= 0.3 is 5.97 Å². The maximum atomic E-state index is 13.5. The molecule has 0 bridgehead atoms. The van der Waals surface area contributed by atoms with Crippen molar-refractivity contribution in [3.8, 4) is 0 Å². The highest BCUT2D eigenvalue weighted by Crippen LogP contribution is 2.43. The second kappa shape index (κ2) is 8.59. The number of fused-ring (bicyclic) bond motifs is 1. The third-order valence-electron chi connectivity index (χ3n) is 5.03. The molecule has 4 nitrogen and oxygen atoms in total. The molecule has 0 aliphatic carbocycles. The minimum Gasteiger partial charge on any atom is -0.465 e. The summed E-state index contributed by atoms with van der Waals surface area (Å²) in [7, 11) is 1.35. The molecule has 0 fully saturated rings. The van der Waals surface area contributed by atoms with Gasteiger partial charge in [-0.25, -0.2) is 4.79 Å². The number of thioether (sulfide) groups is 1. The Morgan fingerprint density at radius 1 is 1.03 bits per heavy atom. The van der Waals surface area contributed by atoms with Crippen molar-refractivity contribution in [1.82, 2.24) is 0 Å². The van der Waals surface area contributed by atoms with Gasteiger partial charge in [0.15, 0.2) is 0 Å². The number of ether oxygens (including phenoxy) is 1. The van der Waals surface area contributed by atoms with Crippen LogP contribution in [0.5, 0.6) is 0 Å². The molecule has 0 unspecified atom stereocenters. The number of esters is 1. The highest BCUT2D eigenvalue weighted by molar-refractivity contribution is 8.04. The average Bonchev–Trinajstić information content (AvgIpc) is 2.77. The van der Waals surface area contributed by atoms with Crippen LogP contribution in [0, 0.1) is 6.92 Å². The molecule has 0 radical (unpaired) electrons. The van der Waals surface area contributed by atoms with Gasteiger partial charge in [0, 0.05) is 4.90 Å². The summed E-state index contributed by atoms with van der Waals surface area (Å²) in [5, 5.41) is 0. The molecular formula is C25H21NO3S. The lowest BCUT2D eigenvalue weighted by atomic mass is 10.1. The van der Waals surface area contributed by atoms with Gasteiger partial charge in [-0.15, -0.1) is 0 Å². The Bertz CT molecular complexity index is 1140. The van der Waals surface area contributed by atoms with E-state index in [1.807, 2.05) is 73.7 Å². The molecule has 1 aliphatic rings. The van der Waals surface area contributed by atoms with Crippen LogP contribution in [-0.4, -0.2) is 19.0 Å². The third kappa shape index (κ3) is 4.02. The predicted octanol–water partition coefficient (Wildman–Crippen LogP) is 5.46. The van der Waals surface area contributed by atoms with Crippen LogP contribution >= 0.6 is 11.8 Å². The number of rotatable bonds is 4. The fraction of sp³-hybridized carbons (Fsp3) is 0.120. The summed E-state index contributed by atoms with van der Waals surface area (Å²) < 4.78 is 4.87. The number of aryl methyl sites for hydroxylation is 1. The summed E-state index contributed by atoms with van der Waals surface area (Å²) >= 11 is 1.42. The molecule has 1 aliphatic heterocycles. The van der Waals surface area contributed by atoms with Crippen molar-refractivity contribution in [1.29, 1.82) is 0 Å². The molecular weight excluding hydrogens is 394 g/mol. The van der Waals surface area contributed by atoms with Crippen LogP contribution in [0.3, 0.4) is 0 Å². The van der Waals surface area contributed by atoms with Crippen LogP contribution in [0.25, 0.3) is 6.08 Å². The molecule has 0 aromatic heterocycles. The maximum absolute atomic E-state index is 13.5. The molecule has 30 heavy (non-hydrogen) atoms. The Morgan fingerprint density at radius 3 is 2.50 bits per heavy atom. The molecule has 1 heterocycles. The number of carbonyl (C=O) groups is 2. The number of nitrogens with zero attached hydrogens (tertiary/aromatic N) is 1. The first-order chi connectivity index (χ1) is 14.6. The SMILES string of the molecule is COC(=O)c1ccc2c(c1)N(Cc1ccccc1C)C(=O)C(=Cc1ccccc1)S2. The molecule has 150 valence electrons. The van der Waals surface area contributed by atoms with Gasteiger partial charge in [-0.1, -0.05) is 66.4 Å². The standard InChI is InChI=1S/C25H21NO3S/c1-17-8-6-7-11-20(17)16-26-21-15-19(25(28)29-2)12-13-22(21)30-23(24(26)27)14-18-9-4-3-5-10-18/h3-15H,16H2,1-2H3. The normalized spacial score (nSPS) is 14.5. The first kappa shape index (κ1) is 20.0. The van der Waals surface area contributed by atoms with Crippen molar-refractivity contribution in [3.63, 3.8) is 0 Å². The Morgan fingerprint density at radius 2 is 1.77 bits per heavy atom. The Labute approximate surface area is 180 Å². The zero-order valence-corrected chi connectivity index (χ0v) is 17.6. The Balaban J connectivity index is 1.80. The summed E-state index contributed by atoms with van der Waals surface area (Å²) in [6.07, 6.45) is 1.91. The van der Waals surface area contributed by atoms with Crippen LogP contribution in [0.1, 0.15) is 27.0 Å².